The predicted molar refractivity (Wildman–Crippen MR) is 140 cm³/mol. The molecule has 0 aliphatic heterocycles. The molecule has 0 aliphatic rings. The molecular weight excluding hydrogens is 523 g/mol. The van der Waals surface area contributed by atoms with Gasteiger partial charge in [-0.1, -0.05) is 23.7 Å². The van der Waals surface area contributed by atoms with E-state index in [0.717, 1.165) is 9.87 Å². The highest BCUT2D eigenvalue weighted by atomic mass is 35.5. The molecule has 37 heavy (non-hydrogen) atoms. The first kappa shape index (κ1) is 28.1. The van der Waals surface area contributed by atoms with Crippen LogP contribution in [-0.2, 0) is 21.2 Å². The van der Waals surface area contributed by atoms with Crippen LogP contribution in [0.25, 0.3) is 0 Å². The summed E-state index contributed by atoms with van der Waals surface area (Å²) in [6.07, 6.45) is 1.20. The lowest BCUT2D eigenvalue weighted by Crippen LogP contribution is -2.41. The number of hydrogen-bond donors (Lipinski definition) is 1. The first-order valence-corrected chi connectivity index (χ1v) is 13.1. The van der Waals surface area contributed by atoms with Crippen molar-refractivity contribution in [1.82, 2.24) is 5.32 Å². The van der Waals surface area contributed by atoms with Gasteiger partial charge in [-0.15, -0.1) is 0 Å². The number of aryl methyl sites for hydroxylation is 1. The number of ether oxygens (including phenoxy) is 3. The van der Waals surface area contributed by atoms with Gasteiger partial charge in [0.25, 0.3) is 10.0 Å². The Balaban J connectivity index is 1.85. The van der Waals surface area contributed by atoms with Gasteiger partial charge < -0.3 is 19.5 Å². The Bertz CT molecular complexity index is 1340. The highest BCUT2D eigenvalue weighted by molar-refractivity contribution is 7.92. The minimum absolute atomic E-state index is 0.103. The van der Waals surface area contributed by atoms with Crippen LogP contribution in [0.3, 0.4) is 0 Å². The van der Waals surface area contributed by atoms with Crippen molar-refractivity contribution in [2.45, 2.75) is 17.7 Å². The van der Waals surface area contributed by atoms with Crippen LogP contribution in [0.4, 0.5) is 10.1 Å². The van der Waals surface area contributed by atoms with Crippen LogP contribution in [0, 0.1) is 5.82 Å². The number of methoxy groups -OCH3 is 3. The summed E-state index contributed by atoms with van der Waals surface area (Å²) in [5.41, 5.74) is 1.03. The van der Waals surface area contributed by atoms with Gasteiger partial charge >= 0.3 is 0 Å². The van der Waals surface area contributed by atoms with E-state index in [1.807, 2.05) is 0 Å². The Kier molecular flexibility index (Phi) is 9.60. The summed E-state index contributed by atoms with van der Waals surface area (Å²) in [5.74, 6) is -0.0499. The third-order valence-corrected chi connectivity index (χ3v) is 7.51. The van der Waals surface area contributed by atoms with E-state index in [-0.39, 0.29) is 32.9 Å². The molecule has 0 heterocycles. The van der Waals surface area contributed by atoms with Crippen molar-refractivity contribution in [3.63, 3.8) is 0 Å². The summed E-state index contributed by atoms with van der Waals surface area (Å²) in [6, 6.07) is 14.8. The third-order valence-electron chi connectivity index (χ3n) is 5.52. The Morgan fingerprint density at radius 3 is 2.22 bits per heavy atom. The third kappa shape index (κ3) is 7.05. The van der Waals surface area contributed by atoms with Gasteiger partial charge in [0.1, 0.15) is 18.1 Å². The molecule has 11 heteroatoms. The van der Waals surface area contributed by atoms with Crippen molar-refractivity contribution < 1.29 is 31.8 Å². The van der Waals surface area contributed by atoms with Crippen LogP contribution >= 0.6 is 11.6 Å². The average molecular weight is 551 g/mol. The number of sulfonamides is 1. The van der Waals surface area contributed by atoms with E-state index in [4.69, 9.17) is 25.8 Å². The second kappa shape index (κ2) is 12.6. The summed E-state index contributed by atoms with van der Waals surface area (Å²) in [5, 5.41) is 3.01. The largest absolute Gasteiger partial charge is 0.495 e. The molecule has 0 unspecified atom stereocenters. The molecule has 0 aliphatic carbocycles. The highest BCUT2D eigenvalue weighted by Gasteiger charge is 2.30. The maximum atomic E-state index is 13.8. The molecule has 3 rings (SSSR count). The van der Waals surface area contributed by atoms with Gasteiger partial charge in [-0.3, -0.25) is 9.10 Å². The predicted octanol–water partition coefficient (Wildman–Crippen LogP) is 4.45. The second-order valence-electron chi connectivity index (χ2n) is 7.92. The molecule has 3 aromatic rings. The van der Waals surface area contributed by atoms with Gasteiger partial charge in [-0.2, -0.15) is 0 Å². The standard InChI is InChI=1S/C26H28ClFN2O6S/c1-34-23-12-8-19(27)15-22(23)30(37(32,33)21-11-13-24(35-2)25(16-21)36-3)17-26(31)29-14-4-5-18-6-9-20(28)10-7-18/h6-13,15-16H,4-5,14,17H2,1-3H3,(H,29,31). The van der Waals surface area contributed by atoms with E-state index in [1.165, 1.54) is 63.8 Å². The molecule has 1 amide bonds. The smallest absolute Gasteiger partial charge is 0.265 e. The molecule has 8 nitrogen and oxygen atoms in total. The van der Waals surface area contributed by atoms with E-state index in [0.29, 0.717) is 25.1 Å². The summed E-state index contributed by atoms with van der Waals surface area (Å²) in [4.78, 5) is 12.8. The van der Waals surface area contributed by atoms with Gasteiger partial charge in [-0.25, -0.2) is 12.8 Å². The van der Waals surface area contributed by atoms with Crippen LogP contribution in [0.15, 0.2) is 65.6 Å². The van der Waals surface area contributed by atoms with E-state index in [9.17, 15) is 17.6 Å². The van der Waals surface area contributed by atoms with Crippen LogP contribution in [0.5, 0.6) is 17.2 Å². The molecule has 0 radical (unpaired) electrons. The maximum Gasteiger partial charge on any atom is 0.265 e. The number of benzene rings is 3. The monoisotopic (exact) mass is 550 g/mol. The molecule has 0 aromatic heterocycles. The first-order valence-electron chi connectivity index (χ1n) is 11.3. The van der Waals surface area contributed by atoms with Gasteiger partial charge in [0, 0.05) is 17.6 Å². The number of carbonyl (C=O) groups is 1. The Labute approximate surface area is 221 Å². The zero-order valence-corrected chi connectivity index (χ0v) is 22.2. The fourth-order valence-corrected chi connectivity index (χ4v) is 5.23. The van der Waals surface area contributed by atoms with Crippen molar-refractivity contribution >= 4 is 33.2 Å². The van der Waals surface area contributed by atoms with E-state index >= 15 is 0 Å². The topological polar surface area (TPSA) is 94.2 Å². The number of nitrogens with one attached hydrogen (secondary N) is 1. The van der Waals surface area contributed by atoms with Crippen molar-refractivity contribution in [2.75, 3.05) is 38.7 Å². The van der Waals surface area contributed by atoms with Gasteiger partial charge in [0.2, 0.25) is 5.91 Å². The molecule has 198 valence electrons. The fourth-order valence-electron chi connectivity index (χ4n) is 3.62. The molecule has 0 atom stereocenters. The quantitative estimate of drug-likeness (QED) is 0.335. The van der Waals surface area contributed by atoms with Crippen molar-refractivity contribution in [2.24, 2.45) is 0 Å². The lowest BCUT2D eigenvalue weighted by molar-refractivity contribution is -0.119. The SMILES string of the molecule is COc1ccc(S(=O)(=O)N(CC(=O)NCCCc2ccc(F)cc2)c2cc(Cl)ccc2OC)cc1OC. The lowest BCUT2D eigenvalue weighted by atomic mass is 10.1. The normalized spacial score (nSPS) is 11.1. The average Bonchev–Trinajstić information content (AvgIpc) is 2.90. The number of amides is 1. The second-order valence-corrected chi connectivity index (χ2v) is 10.2. The summed E-state index contributed by atoms with van der Waals surface area (Å²) < 4.78 is 57.4. The van der Waals surface area contributed by atoms with Crippen LogP contribution in [0.2, 0.25) is 5.02 Å². The number of carbonyl (C=O) groups excluding carboxylic acids is 1. The van der Waals surface area contributed by atoms with E-state index < -0.39 is 22.5 Å². The number of hydrogen-bond acceptors (Lipinski definition) is 6. The summed E-state index contributed by atoms with van der Waals surface area (Å²) >= 11 is 6.17. The van der Waals surface area contributed by atoms with Crippen molar-refractivity contribution in [1.29, 1.82) is 0 Å². The Hall–Kier alpha value is -3.50. The Morgan fingerprint density at radius 2 is 1.57 bits per heavy atom. The number of anilines is 1. The molecule has 0 bridgehead atoms. The molecule has 0 fully saturated rings. The zero-order chi connectivity index (χ0) is 27.0. The van der Waals surface area contributed by atoms with Gasteiger partial charge in [0.05, 0.1) is 31.9 Å². The van der Waals surface area contributed by atoms with Crippen LogP contribution < -0.4 is 23.8 Å². The van der Waals surface area contributed by atoms with Crippen LogP contribution in [0.1, 0.15) is 12.0 Å². The molecule has 3 aromatic carbocycles. The van der Waals surface area contributed by atoms with Crippen LogP contribution in [-0.4, -0.2) is 48.7 Å². The van der Waals surface area contributed by atoms with E-state index in [1.54, 1.807) is 18.2 Å². The minimum Gasteiger partial charge on any atom is -0.495 e. The molecule has 1 N–H and O–H groups in total. The zero-order valence-electron chi connectivity index (χ0n) is 20.7. The maximum absolute atomic E-state index is 13.8. The Morgan fingerprint density at radius 1 is 0.919 bits per heavy atom. The first-order chi connectivity index (χ1) is 17.7. The molecule has 0 saturated carbocycles. The fraction of sp³-hybridized carbons (Fsp3) is 0.269. The summed E-state index contributed by atoms with van der Waals surface area (Å²) in [6.45, 7) is -0.225. The highest BCUT2D eigenvalue weighted by Crippen LogP contribution is 2.36. The number of rotatable bonds is 12. The van der Waals surface area contributed by atoms with Gasteiger partial charge in [0.15, 0.2) is 11.5 Å². The molecule has 0 saturated heterocycles. The number of halogens is 2. The van der Waals surface area contributed by atoms with E-state index in [2.05, 4.69) is 5.32 Å². The van der Waals surface area contributed by atoms with Gasteiger partial charge in [-0.05, 0) is 60.9 Å². The van der Waals surface area contributed by atoms with Crippen molar-refractivity contribution in [3.05, 3.63) is 77.1 Å². The molecular formula is C26H28ClFN2O6S. The lowest BCUT2D eigenvalue weighted by Gasteiger charge is -2.26. The van der Waals surface area contributed by atoms with Crippen molar-refractivity contribution in [3.8, 4) is 17.2 Å². The minimum atomic E-state index is -4.27. The summed E-state index contributed by atoms with van der Waals surface area (Å²) in [7, 11) is -0.0444. The molecule has 0 spiro atoms. The number of nitrogens with zero attached hydrogens (tertiary/aromatic N) is 1.